The summed E-state index contributed by atoms with van der Waals surface area (Å²) in [5.74, 6) is -1.75. The summed E-state index contributed by atoms with van der Waals surface area (Å²) in [6, 6.07) is 4.81. The summed E-state index contributed by atoms with van der Waals surface area (Å²) in [6.45, 7) is 2.04. The van der Waals surface area contributed by atoms with Gasteiger partial charge < -0.3 is 25.3 Å². The molecule has 0 bridgehead atoms. The first-order chi connectivity index (χ1) is 7.02. The van der Waals surface area contributed by atoms with Crippen molar-refractivity contribution >= 4 is 62.3 Å². The quantitative estimate of drug-likeness (QED) is 0.455. The Balaban J connectivity index is -0.000000356. The number of carbonyl (C=O) groups is 2. The fraction of sp³-hybridized carbons (Fsp3) is 0.200. The van der Waals surface area contributed by atoms with Crippen molar-refractivity contribution in [1.82, 2.24) is 0 Å². The van der Waals surface area contributed by atoms with Crippen molar-refractivity contribution in [1.29, 1.82) is 0 Å². The summed E-state index contributed by atoms with van der Waals surface area (Å²) in [6.07, 6.45) is 0. The number of hydrogen-bond acceptors (Lipinski definition) is 5. The van der Waals surface area contributed by atoms with Gasteiger partial charge in [0.15, 0.2) is 0 Å². The standard InChI is InChI=1S/C8H6O4.C2H6S.Ca.H2O/c9-7(10)5-2-1-3-6(4-5)8(11)12;1-2-3;;/h1-4H,(H,9,10)(H,11,12);3H,2H2,1H3;;1H2/q;;+2;/p-2. The molecule has 0 heterocycles. The molecule has 0 saturated heterocycles. The summed E-state index contributed by atoms with van der Waals surface area (Å²) in [4.78, 5) is 20.5. The van der Waals surface area contributed by atoms with Crippen LogP contribution in [0.2, 0.25) is 0 Å². The maximum Gasteiger partial charge on any atom is 2.00 e. The van der Waals surface area contributed by atoms with Gasteiger partial charge in [0.2, 0.25) is 0 Å². The van der Waals surface area contributed by atoms with Crippen molar-refractivity contribution < 1.29 is 25.3 Å². The van der Waals surface area contributed by atoms with Gasteiger partial charge in [-0.05, 0) is 36.7 Å². The minimum absolute atomic E-state index is 0. The summed E-state index contributed by atoms with van der Waals surface area (Å²) < 4.78 is 0. The molecule has 17 heavy (non-hydrogen) atoms. The van der Waals surface area contributed by atoms with E-state index in [0.29, 0.717) is 0 Å². The van der Waals surface area contributed by atoms with E-state index in [0.717, 1.165) is 11.8 Å². The largest absolute Gasteiger partial charge is 2.00 e. The number of carboxylic acid groups (broad SMARTS) is 2. The Morgan fingerprint density at radius 1 is 1.18 bits per heavy atom. The van der Waals surface area contributed by atoms with E-state index in [4.69, 9.17) is 0 Å². The van der Waals surface area contributed by atoms with Gasteiger partial charge >= 0.3 is 37.7 Å². The molecule has 5 nitrogen and oxygen atoms in total. The predicted octanol–water partition coefficient (Wildman–Crippen LogP) is -2.13. The second kappa shape index (κ2) is 12.2. The zero-order chi connectivity index (χ0) is 11.8. The first kappa shape index (κ1) is 22.0. The molecule has 0 amide bonds. The minimum atomic E-state index is -1.40. The average molecular weight is 284 g/mol. The molecule has 0 atom stereocenters. The smallest absolute Gasteiger partial charge is 0.870 e. The van der Waals surface area contributed by atoms with Crippen molar-refractivity contribution in [3.63, 3.8) is 0 Å². The van der Waals surface area contributed by atoms with Crippen LogP contribution in [0.3, 0.4) is 0 Å². The minimum Gasteiger partial charge on any atom is -0.870 e. The Morgan fingerprint density at radius 3 is 1.71 bits per heavy atom. The Kier molecular flexibility index (Phi) is 15.8. The first-order valence-electron chi connectivity index (χ1n) is 4.20. The molecule has 0 fully saturated rings. The second-order valence-electron chi connectivity index (χ2n) is 2.51. The van der Waals surface area contributed by atoms with Gasteiger partial charge in [-0.15, -0.1) is 0 Å². The van der Waals surface area contributed by atoms with Gasteiger partial charge in [-0.25, -0.2) is 0 Å². The number of benzene rings is 1. The van der Waals surface area contributed by atoms with E-state index in [1.807, 2.05) is 6.92 Å². The van der Waals surface area contributed by atoms with Crippen LogP contribution in [0.15, 0.2) is 24.3 Å². The number of carbonyl (C=O) groups excluding carboxylic acids is 2. The molecule has 1 aromatic carbocycles. The molecule has 90 valence electrons. The molecule has 0 unspecified atom stereocenters. The third-order valence-electron chi connectivity index (χ3n) is 1.33. The van der Waals surface area contributed by atoms with Crippen molar-refractivity contribution in [2.75, 3.05) is 5.75 Å². The zero-order valence-corrected chi connectivity index (χ0v) is 12.5. The third kappa shape index (κ3) is 9.43. The Morgan fingerprint density at radius 2 is 1.47 bits per heavy atom. The Bertz CT molecular complexity index is 327. The SMILES string of the molecule is CC[SH2+].O=C([O-])c1cccc(C(=O)[O-])c1.[Ca+2].[OH-]. The van der Waals surface area contributed by atoms with Gasteiger partial charge in [0.1, 0.15) is 5.75 Å². The summed E-state index contributed by atoms with van der Waals surface area (Å²) in [5.41, 5.74) is -0.339. The second-order valence-corrected chi connectivity index (χ2v) is 3.22. The van der Waals surface area contributed by atoms with Gasteiger partial charge in [0, 0.05) is 0 Å². The molecule has 7 heteroatoms. The van der Waals surface area contributed by atoms with Gasteiger partial charge in [-0.1, -0.05) is 18.2 Å². The topological polar surface area (TPSA) is 110 Å². The van der Waals surface area contributed by atoms with Crippen LogP contribution in [0.1, 0.15) is 27.6 Å². The van der Waals surface area contributed by atoms with E-state index in [-0.39, 0.29) is 54.3 Å². The van der Waals surface area contributed by atoms with Crippen LogP contribution < -0.4 is 10.2 Å². The molecular weight excluding hydrogens is 272 g/mol. The van der Waals surface area contributed by atoms with Crippen molar-refractivity contribution in [2.45, 2.75) is 6.92 Å². The molecule has 0 aromatic heterocycles. The van der Waals surface area contributed by atoms with E-state index >= 15 is 0 Å². The van der Waals surface area contributed by atoms with Crippen LogP contribution >= 0.6 is 0 Å². The molecule has 1 rings (SSSR count). The van der Waals surface area contributed by atoms with E-state index in [2.05, 4.69) is 12.6 Å². The van der Waals surface area contributed by atoms with Crippen LogP contribution in [0.4, 0.5) is 0 Å². The normalized spacial score (nSPS) is 7.65. The molecule has 1 aromatic rings. The molecule has 0 aliphatic rings. The fourth-order valence-corrected chi connectivity index (χ4v) is 0.773. The predicted molar refractivity (Wildman–Crippen MR) is 63.5 cm³/mol. The van der Waals surface area contributed by atoms with E-state index < -0.39 is 11.9 Å². The average Bonchev–Trinajstić information content (AvgIpc) is 2.19. The molecule has 0 aliphatic heterocycles. The van der Waals surface area contributed by atoms with Gasteiger partial charge in [-0.3, -0.25) is 0 Å². The van der Waals surface area contributed by atoms with E-state index in [1.54, 1.807) is 0 Å². The Hall–Kier alpha value is -0.270. The number of carboxylic acids is 2. The maximum atomic E-state index is 10.3. The van der Waals surface area contributed by atoms with Gasteiger partial charge in [-0.2, -0.15) is 0 Å². The number of aromatic carboxylic acids is 2. The summed E-state index contributed by atoms with van der Waals surface area (Å²) >= 11 is 3.18. The number of rotatable bonds is 2. The zero-order valence-electron chi connectivity index (χ0n) is 9.30. The molecular formula is C10H12CaO5S. The third-order valence-corrected chi connectivity index (χ3v) is 1.33. The van der Waals surface area contributed by atoms with Gasteiger partial charge in [0.05, 0.1) is 11.9 Å². The van der Waals surface area contributed by atoms with Crippen LogP contribution in [0.5, 0.6) is 0 Å². The van der Waals surface area contributed by atoms with E-state index in [9.17, 15) is 19.8 Å². The van der Waals surface area contributed by atoms with Crippen molar-refractivity contribution in [3.8, 4) is 0 Å². The Labute approximate surface area is 135 Å². The molecule has 0 radical (unpaired) electrons. The fourth-order valence-electron chi connectivity index (χ4n) is 0.773. The molecule has 1 N–H and O–H groups in total. The number of hydrogen-bond donors (Lipinski definition) is 0. The van der Waals surface area contributed by atoms with Crippen LogP contribution in [-0.4, -0.2) is 60.9 Å². The first-order valence-corrected chi connectivity index (χ1v) is 4.91. The molecule has 0 saturated carbocycles. The van der Waals surface area contributed by atoms with Crippen LogP contribution in [0, 0.1) is 0 Å². The van der Waals surface area contributed by atoms with Gasteiger partial charge in [0.25, 0.3) is 0 Å². The maximum absolute atomic E-state index is 10.3. The monoisotopic (exact) mass is 284 g/mol. The van der Waals surface area contributed by atoms with E-state index in [1.165, 1.54) is 18.2 Å². The summed E-state index contributed by atoms with van der Waals surface area (Å²) in [5, 5.41) is 20.5. The van der Waals surface area contributed by atoms with Crippen molar-refractivity contribution in [3.05, 3.63) is 35.4 Å². The molecule has 0 aliphatic carbocycles. The van der Waals surface area contributed by atoms with Crippen LogP contribution in [0.25, 0.3) is 0 Å². The molecule has 0 spiro atoms. The van der Waals surface area contributed by atoms with Crippen LogP contribution in [-0.2, 0) is 12.6 Å². The summed E-state index contributed by atoms with van der Waals surface area (Å²) in [7, 11) is 0. The van der Waals surface area contributed by atoms with Crippen molar-refractivity contribution in [2.24, 2.45) is 0 Å².